The van der Waals surface area contributed by atoms with Gasteiger partial charge in [-0.05, 0) is 36.4 Å². The van der Waals surface area contributed by atoms with E-state index in [4.69, 9.17) is 4.74 Å². The number of likely N-dealkylation sites (N-methyl/N-ethyl adjacent to an activating group) is 1. The molecule has 4 aromatic rings. The fourth-order valence-corrected chi connectivity index (χ4v) is 3.57. The summed E-state index contributed by atoms with van der Waals surface area (Å²) in [4.78, 5) is 47.0. The third-order valence-electron chi connectivity index (χ3n) is 5.50. The van der Waals surface area contributed by atoms with Crippen LogP contribution in [-0.2, 0) is 9.53 Å². The molecule has 3 heterocycles. The van der Waals surface area contributed by atoms with Crippen LogP contribution in [0.3, 0.4) is 0 Å². The van der Waals surface area contributed by atoms with Gasteiger partial charge in [0, 0.05) is 36.8 Å². The minimum atomic E-state index is -0.640. The van der Waals surface area contributed by atoms with Gasteiger partial charge in [0.25, 0.3) is 5.91 Å². The van der Waals surface area contributed by atoms with Gasteiger partial charge in [-0.15, -0.1) is 0 Å². The molecule has 3 amide bonds. The lowest BCUT2D eigenvalue weighted by molar-refractivity contribution is -0.119. The topological polar surface area (TPSA) is 127 Å². The number of aromatic nitrogens is 3. The number of hydrogen-bond acceptors (Lipinski definition) is 7. The van der Waals surface area contributed by atoms with Crippen LogP contribution >= 0.6 is 0 Å². The first-order chi connectivity index (χ1) is 17.8. The zero-order chi connectivity index (χ0) is 26.5. The van der Waals surface area contributed by atoms with Crippen LogP contribution in [0.5, 0.6) is 5.75 Å². The average molecular weight is 506 g/mol. The van der Waals surface area contributed by atoms with Gasteiger partial charge < -0.3 is 14.8 Å². The van der Waals surface area contributed by atoms with Gasteiger partial charge in [-0.3, -0.25) is 24.2 Å². The fraction of sp³-hybridized carbons (Fsp3) is 0.160. The second-order valence-electron chi connectivity index (χ2n) is 7.72. The quantitative estimate of drug-likeness (QED) is 0.394. The monoisotopic (exact) mass is 506 g/mol. The van der Waals surface area contributed by atoms with Crippen molar-refractivity contribution in [2.75, 3.05) is 38.0 Å². The Morgan fingerprint density at radius 2 is 1.86 bits per heavy atom. The Balaban J connectivity index is 1.70. The third-order valence-corrected chi connectivity index (χ3v) is 5.50. The van der Waals surface area contributed by atoms with Gasteiger partial charge in [0.1, 0.15) is 18.0 Å². The molecule has 0 fully saturated rings. The highest BCUT2D eigenvalue weighted by atomic mass is 19.1. The molecule has 0 atom stereocenters. The number of methoxy groups -OCH3 is 2. The Hall–Kier alpha value is -5.00. The molecule has 0 bridgehead atoms. The van der Waals surface area contributed by atoms with Crippen LogP contribution in [0.2, 0.25) is 0 Å². The second-order valence-corrected chi connectivity index (χ2v) is 7.72. The van der Waals surface area contributed by atoms with Gasteiger partial charge in [0.15, 0.2) is 11.6 Å². The van der Waals surface area contributed by atoms with Gasteiger partial charge in [0.05, 0.1) is 31.7 Å². The fourth-order valence-electron chi connectivity index (χ4n) is 3.57. The first kappa shape index (κ1) is 25.1. The SMILES string of the molecule is CNC(=O)CN(C(=O)c1ccc2ncc(-c3ccc(NC(=O)OC)nc3)n2c1)c1ccc(F)c(OC)c1. The highest BCUT2D eigenvalue weighted by Gasteiger charge is 2.23. The van der Waals surface area contributed by atoms with Crippen LogP contribution in [0.25, 0.3) is 16.9 Å². The summed E-state index contributed by atoms with van der Waals surface area (Å²) >= 11 is 0. The number of imidazole rings is 1. The zero-order valence-corrected chi connectivity index (χ0v) is 20.2. The number of carbonyl (C=O) groups is 3. The molecule has 11 nitrogen and oxygen atoms in total. The Bertz CT molecular complexity index is 1470. The van der Waals surface area contributed by atoms with E-state index < -0.39 is 23.7 Å². The van der Waals surface area contributed by atoms with Gasteiger partial charge in [-0.25, -0.2) is 19.2 Å². The van der Waals surface area contributed by atoms with Crippen molar-refractivity contribution in [2.45, 2.75) is 0 Å². The molecule has 2 N–H and O–H groups in total. The van der Waals surface area contributed by atoms with Crippen molar-refractivity contribution in [3.63, 3.8) is 0 Å². The number of hydrogen-bond donors (Lipinski definition) is 2. The molecule has 3 aromatic heterocycles. The number of rotatable bonds is 7. The molecule has 0 spiro atoms. The highest BCUT2D eigenvalue weighted by Crippen LogP contribution is 2.27. The predicted octanol–water partition coefficient (Wildman–Crippen LogP) is 3.12. The van der Waals surface area contributed by atoms with Crippen LogP contribution in [0.1, 0.15) is 10.4 Å². The van der Waals surface area contributed by atoms with E-state index in [2.05, 4.69) is 25.3 Å². The first-order valence-electron chi connectivity index (χ1n) is 11.0. The molecule has 1 aromatic carbocycles. The molecule has 0 aliphatic heterocycles. The average Bonchev–Trinajstić information content (AvgIpc) is 3.35. The van der Waals surface area contributed by atoms with Crippen molar-refractivity contribution in [2.24, 2.45) is 0 Å². The number of amides is 3. The molecule has 0 saturated heterocycles. The van der Waals surface area contributed by atoms with Crippen LogP contribution < -0.4 is 20.3 Å². The van der Waals surface area contributed by atoms with E-state index in [1.54, 1.807) is 47.3 Å². The van der Waals surface area contributed by atoms with Crippen LogP contribution in [0, 0.1) is 5.82 Å². The van der Waals surface area contributed by atoms with E-state index in [1.807, 2.05) is 0 Å². The number of carbonyl (C=O) groups excluding carboxylic acids is 3. The van der Waals surface area contributed by atoms with Gasteiger partial charge in [-0.2, -0.15) is 0 Å². The minimum absolute atomic E-state index is 0.0582. The normalized spacial score (nSPS) is 10.6. The van der Waals surface area contributed by atoms with Crippen molar-refractivity contribution in [3.8, 4) is 17.0 Å². The number of nitrogens with one attached hydrogen (secondary N) is 2. The Kier molecular flexibility index (Phi) is 7.28. The molecule has 0 aliphatic carbocycles. The van der Waals surface area contributed by atoms with Gasteiger partial charge in [-0.1, -0.05) is 0 Å². The van der Waals surface area contributed by atoms with E-state index in [-0.39, 0.29) is 23.5 Å². The van der Waals surface area contributed by atoms with Crippen LogP contribution in [-0.4, -0.2) is 60.1 Å². The van der Waals surface area contributed by atoms with E-state index in [0.29, 0.717) is 22.7 Å². The predicted molar refractivity (Wildman–Crippen MR) is 133 cm³/mol. The second kappa shape index (κ2) is 10.7. The number of nitrogens with zero attached hydrogens (tertiary/aromatic N) is 4. The van der Waals surface area contributed by atoms with E-state index in [1.165, 1.54) is 44.4 Å². The summed E-state index contributed by atoms with van der Waals surface area (Å²) in [5.41, 5.74) is 2.44. The largest absolute Gasteiger partial charge is 0.494 e. The summed E-state index contributed by atoms with van der Waals surface area (Å²) in [5.74, 6) is -1.25. The maximum absolute atomic E-state index is 14.0. The molecule has 4 rings (SSSR count). The highest BCUT2D eigenvalue weighted by molar-refractivity contribution is 6.08. The van der Waals surface area contributed by atoms with Crippen molar-refractivity contribution >= 4 is 35.1 Å². The maximum Gasteiger partial charge on any atom is 0.412 e. The molecule has 0 aliphatic rings. The van der Waals surface area contributed by atoms with Crippen molar-refractivity contribution in [1.82, 2.24) is 19.7 Å². The number of anilines is 2. The molecule has 0 unspecified atom stereocenters. The van der Waals surface area contributed by atoms with E-state index in [0.717, 1.165) is 0 Å². The molecule has 12 heteroatoms. The summed E-state index contributed by atoms with van der Waals surface area (Å²) < 4.78 is 25.3. The van der Waals surface area contributed by atoms with Crippen molar-refractivity contribution < 1.29 is 28.2 Å². The molecule has 0 radical (unpaired) electrons. The standard InChI is InChI=1S/C25H23FN6O5/c1-27-23(33)14-31(17-6-7-18(26)20(10-17)36-2)24(34)16-5-9-22-29-12-19(32(22)13-16)15-4-8-21(28-11-15)30-25(35)37-3/h4-13H,14H2,1-3H3,(H,27,33)(H,28,30,35). The third kappa shape index (κ3) is 5.32. The Labute approximate surface area is 210 Å². The molecular weight excluding hydrogens is 483 g/mol. The zero-order valence-electron chi connectivity index (χ0n) is 20.2. The molecular formula is C25H23FN6O5. The van der Waals surface area contributed by atoms with Gasteiger partial charge in [0.2, 0.25) is 5.91 Å². The number of fused-ring (bicyclic) bond motifs is 1. The number of ether oxygens (including phenoxy) is 2. The summed E-state index contributed by atoms with van der Waals surface area (Å²) in [5, 5.41) is 4.97. The van der Waals surface area contributed by atoms with E-state index >= 15 is 0 Å². The summed E-state index contributed by atoms with van der Waals surface area (Å²) in [6, 6.07) is 10.5. The summed E-state index contributed by atoms with van der Waals surface area (Å²) in [7, 11) is 4.03. The number of pyridine rings is 2. The van der Waals surface area contributed by atoms with Crippen molar-refractivity contribution in [1.29, 1.82) is 0 Å². The van der Waals surface area contributed by atoms with Gasteiger partial charge >= 0.3 is 6.09 Å². The molecule has 190 valence electrons. The lowest BCUT2D eigenvalue weighted by Crippen LogP contribution is -2.40. The molecule has 37 heavy (non-hydrogen) atoms. The number of halogens is 1. The smallest absolute Gasteiger partial charge is 0.412 e. The van der Waals surface area contributed by atoms with Crippen LogP contribution in [0.4, 0.5) is 20.7 Å². The lowest BCUT2D eigenvalue weighted by Gasteiger charge is -2.23. The lowest BCUT2D eigenvalue weighted by atomic mass is 10.2. The summed E-state index contributed by atoms with van der Waals surface area (Å²) in [6.07, 6.45) is 4.13. The van der Waals surface area contributed by atoms with E-state index in [9.17, 15) is 18.8 Å². The molecule has 0 saturated carbocycles. The van der Waals surface area contributed by atoms with Crippen molar-refractivity contribution in [3.05, 3.63) is 72.4 Å². The van der Waals surface area contributed by atoms with Crippen LogP contribution in [0.15, 0.2) is 61.1 Å². The Morgan fingerprint density at radius 3 is 2.54 bits per heavy atom. The Morgan fingerprint density at radius 1 is 1.05 bits per heavy atom. The maximum atomic E-state index is 14.0. The first-order valence-corrected chi connectivity index (χ1v) is 11.0. The number of benzene rings is 1. The summed E-state index contributed by atoms with van der Waals surface area (Å²) in [6.45, 7) is -0.294. The minimum Gasteiger partial charge on any atom is -0.494 e.